The van der Waals surface area contributed by atoms with Crippen molar-refractivity contribution < 1.29 is 4.92 Å². The summed E-state index contributed by atoms with van der Waals surface area (Å²) in [4.78, 5) is 29.2. The Balaban J connectivity index is 1.43. The van der Waals surface area contributed by atoms with Crippen LogP contribution in [0.2, 0.25) is 0 Å². The molecule has 3 aromatic carbocycles. The predicted octanol–water partition coefficient (Wildman–Crippen LogP) is 5.42. The van der Waals surface area contributed by atoms with E-state index in [-0.39, 0.29) is 16.7 Å². The van der Waals surface area contributed by atoms with Crippen molar-refractivity contribution in [3.8, 4) is 28.3 Å². The third kappa shape index (κ3) is 4.69. The largest absolute Gasteiger partial charge is 0.291 e. The van der Waals surface area contributed by atoms with Crippen LogP contribution in [0.5, 0.6) is 0 Å². The Morgan fingerprint density at radius 1 is 0.900 bits per heavy atom. The molecule has 0 aliphatic carbocycles. The average molecular weight is 549 g/mol. The van der Waals surface area contributed by atoms with Crippen LogP contribution >= 0.6 is 11.3 Å². The molecule has 0 unspecified atom stereocenters. The molecule has 0 spiro atoms. The summed E-state index contributed by atoms with van der Waals surface area (Å²) >= 11 is 1.25. The van der Waals surface area contributed by atoms with Crippen LogP contribution in [0.1, 0.15) is 31.9 Å². The maximum atomic E-state index is 13.3. The van der Waals surface area contributed by atoms with Crippen molar-refractivity contribution in [2.24, 2.45) is 0 Å². The second-order valence-electron chi connectivity index (χ2n) is 10.4. The molecule has 0 amide bonds. The van der Waals surface area contributed by atoms with Crippen molar-refractivity contribution in [1.82, 2.24) is 24.4 Å². The zero-order chi connectivity index (χ0) is 28.0. The third-order valence-electron chi connectivity index (χ3n) is 6.59. The third-order valence-corrected chi connectivity index (χ3v) is 7.55. The first-order valence-corrected chi connectivity index (χ1v) is 13.4. The molecule has 0 saturated heterocycles. The number of hydrogen-bond acceptors (Lipinski definition) is 7. The number of nitro groups is 1. The number of hydrogen-bond donors (Lipinski definition) is 0. The summed E-state index contributed by atoms with van der Waals surface area (Å²) < 4.78 is 3.51. The molecular weight excluding hydrogens is 524 g/mol. The highest BCUT2D eigenvalue weighted by molar-refractivity contribution is 7.15. The molecule has 0 saturated carbocycles. The normalized spacial score (nSPS) is 12.3. The monoisotopic (exact) mass is 548 g/mol. The van der Waals surface area contributed by atoms with Gasteiger partial charge < -0.3 is 0 Å². The van der Waals surface area contributed by atoms with E-state index in [4.69, 9.17) is 5.10 Å². The van der Waals surface area contributed by atoms with Crippen molar-refractivity contribution in [3.05, 3.63) is 121 Å². The molecule has 40 heavy (non-hydrogen) atoms. The van der Waals surface area contributed by atoms with Crippen LogP contribution in [0.25, 0.3) is 39.4 Å². The molecule has 198 valence electrons. The van der Waals surface area contributed by atoms with Crippen molar-refractivity contribution >= 4 is 28.1 Å². The van der Waals surface area contributed by atoms with E-state index in [9.17, 15) is 14.9 Å². The minimum Gasteiger partial charge on any atom is -0.266 e. The Labute approximate surface area is 232 Å². The second kappa shape index (κ2) is 9.65. The number of fused-ring (bicyclic) bond motifs is 1. The molecule has 6 aromatic rings. The minimum atomic E-state index is -0.440. The van der Waals surface area contributed by atoms with E-state index in [2.05, 4.69) is 43.0 Å². The van der Waals surface area contributed by atoms with Crippen molar-refractivity contribution in [3.63, 3.8) is 0 Å². The van der Waals surface area contributed by atoms with Crippen molar-refractivity contribution in [1.29, 1.82) is 0 Å². The smallest absolute Gasteiger partial charge is 0.266 e. The Hall–Kier alpha value is -4.96. The van der Waals surface area contributed by atoms with Crippen LogP contribution in [0.3, 0.4) is 0 Å². The lowest BCUT2D eigenvalue weighted by Gasteiger charge is -2.18. The van der Waals surface area contributed by atoms with E-state index in [0.29, 0.717) is 32.1 Å². The molecule has 0 aliphatic heterocycles. The van der Waals surface area contributed by atoms with Gasteiger partial charge in [0.15, 0.2) is 5.82 Å². The first kappa shape index (κ1) is 25.3. The van der Waals surface area contributed by atoms with Crippen LogP contribution in [-0.2, 0) is 5.41 Å². The van der Waals surface area contributed by atoms with E-state index >= 15 is 0 Å². The lowest BCUT2D eigenvalue weighted by Crippen LogP contribution is -2.23. The van der Waals surface area contributed by atoms with Gasteiger partial charge in [-0.25, -0.2) is 4.68 Å². The van der Waals surface area contributed by atoms with Crippen LogP contribution in [0.15, 0.2) is 89.9 Å². The van der Waals surface area contributed by atoms with Crippen molar-refractivity contribution in [2.45, 2.75) is 26.2 Å². The minimum absolute atomic E-state index is 0.00646. The standard InChI is InChI=1S/C30H24N6O3S/c1-30(2,3)22-13-9-20(10-14-22)27-31-29-35(33-27)28(37)25(40-29)17-21-18-34(23-7-5-4-6-8-23)32-26(21)19-11-15-24(16-12-19)36(38)39/h4-18H,1-3H3/b25-17-. The topological polar surface area (TPSA) is 108 Å². The van der Waals surface area contributed by atoms with Gasteiger partial charge in [0.25, 0.3) is 11.2 Å². The summed E-state index contributed by atoms with van der Waals surface area (Å²) in [5.41, 5.74) is 4.64. The summed E-state index contributed by atoms with van der Waals surface area (Å²) in [7, 11) is 0. The van der Waals surface area contributed by atoms with Crippen LogP contribution in [0.4, 0.5) is 5.69 Å². The van der Waals surface area contributed by atoms with Gasteiger partial charge in [0.05, 0.1) is 15.1 Å². The van der Waals surface area contributed by atoms with Crippen LogP contribution in [-0.4, -0.2) is 29.3 Å². The molecule has 9 nitrogen and oxygen atoms in total. The predicted molar refractivity (Wildman–Crippen MR) is 156 cm³/mol. The first-order valence-electron chi connectivity index (χ1n) is 12.6. The summed E-state index contributed by atoms with van der Waals surface area (Å²) in [5.74, 6) is 0.499. The van der Waals surface area contributed by atoms with E-state index in [1.54, 1.807) is 22.9 Å². The van der Waals surface area contributed by atoms with Gasteiger partial charge >= 0.3 is 0 Å². The Morgan fingerprint density at radius 3 is 2.20 bits per heavy atom. The Morgan fingerprint density at radius 2 is 1.57 bits per heavy atom. The molecular formula is C30H24N6O3S. The summed E-state index contributed by atoms with van der Waals surface area (Å²) in [5, 5.41) is 20.4. The van der Waals surface area contributed by atoms with Gasteiger partial charge in [-0.05, 0) is 41.3 Å². The highest BCUT2D eigenvalue weighted by Crippen LogP contribution is 2.27. The van der Waals surface area contributed by atoms with Gasteiger partial charge in [0, 0.05) is 35.0 Å². The lowest BCUT2D eigenvalue weighted by atomic mass is 9.87. The SMILES string of the molecule is CC(C)(C)c1ccc(-c2nc3s/c(=C\c4cn(-c5ccccc5)nc4-c4ccc([N+](=O)[O-])cc4)c(=O)n3n2)cc1. The van der Waals surface area contributed by atoms with Crippen LogP contribution in [0, 0.1) is 10.1 Å². The zero-order valence-corrected chi connectivity index (χ0v) is 22.8. The molecule has 3 aromatic heterocycles. The highest BCUT2D eigenvalue weighted by atomic mass is 32.1. The number of aromatic nitrogens is 5. The lowest BCUT2D eigenvalue weighted by molar-refractivity contribution is -0.384. The molecule has 0 fully saturated rings. The summed E-state index contributed by atoms with van der Waals surface area (Å²) in [6, 6.07) is 23.9. The van der Waals surface area contributed by atoms with Crippen LogP contribution < -0.4 is 10.1 Å². The Kier molecular flexibility index (Phi) is 6.11. The van der Waals surface area contributed by atoms with Gasteiger partial charge in [0.1, 0.15) is 5.69 Å². The molecule has 0 aliphatic rings. The van der Waals surface area contributed by atoms with E-state index in [0.717, 1.165) is 11.3 Å². The molecule has 0 bridgehead atoms. The number of benzene rings is 3. The van der Waals surface area contributed by atoms with E-state index in [1.807, 2.05) is 48.7 Å². The molecule has 0 radical (unpaired) electrons. The quantitative estimate of drug-likeness (QED) is 0.210. The fourth-order valence-electron chi connectivity index (χ4n) is 4.39. The fraction of sp³-hybridized carbons (Fsp3) is 0.133. The van der Waals surface area contributed by atoms with E-state index in [1.165, 1.54) is 33.5 Å². The van der Waals surface area contributed by atoms with Gasteiger partial charge in [-0.1, -0.05) is 74.6 Å². The number of nitro benzene ring substituents is 1. The number of nitrogens with zero attached hydrogens (tertiary/aromatic N) is 6. The maximum Gasteiger partial charge on any atom is 0.291 e. The molecule has 3 heterocycles. The summed E-state index contributed by atoms with van der Waals surface area (Å²) in [6.07, 6.45) is 3.61. The average Bonchev–Trinajstić information content (AvgIpc) is 3.64. The zero-order valence-electron chi connectivity index (χ0n) is 22.0. The number of rotatable bonds is 5. The Bertz CT molecular complexity index is 1970. The number of para-hydroxylation sites is 1. The van der Waals surface area contributed by atoms with Gasteiger partial charge in [-0.2, -0.15) is 14.6 Å². The van der Waals surface area contributed by atoms with Crippen molar-refractivity contribution in [2.75, 3.05) is 0 Å². The molecule has 10 heteroatoms. The first-order chi connectivity index (χ1) is 19.2. The fourth-order valence-corrected chi connectivity index (χ4v) is 5.29. The highest BCUT2D eigenvalue weighted by Gasteiger charge is 2.17. The second-order valence-corrected chi connectivity index (χ2v) is 11.4. The molecule has 6 rings (SSSR count). The van der Waals surface area contributed by atoms with Gasteiger partial charge in [-0.3, -0.25) is 14.9 Å². The van der Waals surface area contributed by atoms with Gasteiger partial charge in [-0.15, -0.1) is 5.10 Å². The molecule has 0 N–H and O–H groups in total. The molecule has 0 atom stereocenters. The van der Waals surface area contributed by atoms with E-state index < -0.39 is 4.92 Å². The van der Waals surface area contributed by atoms with Gasteiger partial charge in [0.2, 0.25) is 4.96 Å². The number of non-ortho nitro benzene ring substituents is 1. The summed E-state index contributed by atoms with van der Waals surface area (Å²) in [6.45, 7) is 6.47. The maximum absolute atomic E-state index is 13.3. The number of thiazole rings is 1.